The fourth-order valence-electron chi connectivity index (χ4n) is 1.93. The molecule has 102 valence electrons. The molecule has 0 bridgehead atoms. The predicted molar refractivity (Wildman–Crippen MR) is 79.2 cm³/mol. The highest BCUT2D eigenvalue weighted by Crippen LogP contribution is 2.36. The lowest BCUT2D eigenvalue weighted by atomic mass is 9.98. The summed E-state index contributed by atoms with van der Waals surface area (Å²) in [5.41, 5.74) is 5.45. The largest absolute Gasteiger partial charge is 0.271 e. The number of hydrogen-bond donors (Lipinski definition) is 2. The Bertz CT molecular complexity index is 586. The van der Waals surface area contributed by atoms with Gasteiger partial charge >= 0.3 is 0 Å². The van der Waals surface area contributed by atoms with Crippen molar-refractivity contribution in [3.8, 4) is 0 Å². The molecule has 1 unspecified atom stereocenters. The lowest BCUT2D eigenvalue weighted by Gasteiger charge is -2.17. The summed E-state index contributed by atoms with van der Waals surface area (Å²) in [6.07, 6.45) is 0.548. The maximum atomic E-state index is 13.3. The average Bonchev–Trinajstić information content (AvgIpc) is 2.69. The maximum absolute atomic E-state index is 13.3. The minimum absolute atomic E-state index is 0.197. The number of halogens is 3. The van der Waals surface area contributed by atoms with E-state index in [1.54, 1.807) is 12.1 Å². The second kappa shape index (κ2) is 6.20. The standard InChI is InChI=1S/C13H13Cl2FN2S/c1-7-2-3-9(16)4-8(7)5-11(18-17)10-6-12(14)19-13(10)15/h2-4,6,11,18H,5,17H2,1H3. The third-order valence-corrected chi connectivity index (χ3v) is 4.51. The molecule has 0 aliphatic carbocycles. The summed E-state index contributed by atoms with van der Waals surface area (Å²) in [6, 6.07) is 6.30. The van der Waals surface area contributed by atoms with Gasteiger partial charge in [-0.15, -0.1) is 11.3 Å². The number of thiophene rings is 1. The van der Waals surface area contributed by atoms with Gasteiger partial charge in [-0.1, -0.05) is 29.3 Å². The molecule has 0 saturated heterocycles. The fourth-order valence-corrected chi connectivity index (χ4v) is 3.51. The van der Waals surface area contributed by atoms with Crippen LogP contribution < -0.4 is 11.3 Å². The van der Waals surface area contributed by atoms with Gasteiger partial charge in [0.1, 0.15) is 5.82 Å². The summed E-state index contributed by atoms with van der Waals surface area (Å²) in [7, 11) is 0. The van der Waals surface area contributed by atoms with E-state index in [9.17, 15) is 4.39 Å². The van der Waals surface area contributed by atoms with Crippen LogP contribution in [0.3, 0.4) is 0 Å². The van der Waals surface area contributed by atoms with Gasteiger partial charge in [-0.05, 0) is 42.7 Å². The highest BCUT2D eigenvalue weighted by Gasteiger charge is 2.18. The highest BCUT2D eigenvalue weighted by atomic mass is 35.5. The van der Waals surface area contributed by atoms with Crippen molar-refractivity contribution in [1.82, 2.24) is 5.43 Å². The van der Waals surface area contributed by atoms with E-state index < -0.39 is 0 Å². The van der Waals surface area contributed by atoms with E-state index in [1.807, 2.05) is 6.92 Å². The predicted octanol–water partition coefficient (Wildman–Crippen LogP) is 4.25. The van der Waals surface area contributed by atoms with Crippen molar-refractivity contribution in [2.24, 2.45) is 5.84 Å². The number of rotatable bonds is 4. The smallest absolute Gasteiger partial charge is 0.123 e. The van der Waals surface area contributed by atoms with Gasteiger partial charge in [0.05, 0.1) is 14.7 Å². The summed E-state index contributed by atoms with van der Waals surface area (Å²) < 4.78 is 14.5. The average molecular weight is 319 g/mol. The zero-order chi connectivity index (χ0) is 14.0. The van der Waals surface area contributed by atoms with Gasteiger partial charge in [0.2, 0.25) is 0 Å². The molecule has 0 amide bonds. The molecule has 0 saturated carbocycles. The van der Waals surface area contributed by atoms with Crippen molar-refractivity contribution in [1.29, 1.82) is 0 Å². The molecule has 0 aliphatic rings. The molecule has 1 aromatic heterocycles. The summed E-state index contributed by atoms with van der Waals surface area (Å²) in [4.78, 5) is 0. The topological polar surface area (TPSA) is 38.0 Å². The Morgan fingerprint density at radius 1 is 1.37 bits per heavy atom. The SMILES string of the molecule is Cc1ccc(F)cc1CC(NN)c1cc(Cl)sc1Cl. The van der Waals surface area contributed by atoms with Crippen molar-refractivity contribution < 1.29 is 4.39 Å². The third kappa shape index (κ3) is 3.46. The molecule has 1 aromatic carbocycles. The first-order valence-electron chi connectivity index (χ1n) is 5.67. The third-order valence-electron chi connectivity index (χ3n) is 2.99. The number of hydrazine groups is 1. The summed E-state index contributed by atoms with van der Waals surface area (Å²) in [5, 5.41) is 0. The number of aryl methyl sites for hydroxylation is 1. The van der Waals surface area contributed by atoms with Crippen LogP contribution in [-0.4, -0.2) is 0 Å². The Balaban J connectivity index is 2.29. The van der Waals surface area contributed by atoms with E-state index in [-0.39, 0.29) is 11.9 Å². The van der Waals surface area contributed by atoms with E-state index >= 15 is 0 Å². The zero-order valence-corrected chi connectivity index (χ0v) is 12.5. The van der Waals surface area contributed by atoms with Crippen LogP contribution in [0.5, 0.6) is 0 Å². The van der Waals surface area contributed by atoms with Crippen LogP contribution in [0.1, 0.15) is 22.7 Å². The number of nitrogens with one attached hydrogen (secondary N) is 1. The molecule has 1 atom stereocenters. The fraction of sp³-hybridized carbons (Fsp3) is 0.231. The summed E-state index contributed by atoms with van der Waals surface area (Å²) >= 11 is 13.3. The minimum Gasteiger partial charge on any atom is -0.271 e. The van der Waals surface area contributed by atoms with Gasteiger partial charge in [0.25, 0.3) is 0 Å². The molecule has 2 rings (SSSR count). The second-order valence-corrected chi connectivity index (χ2v) is 6.56. The quantitative estimate of drug-likeness (QED) is 0.653. The van der Waals surface area contributed by atoms with Gasteiger partial charge in [0.15, 0.2) is 0 Å². The van der Waals surface area contributed by atoms with Crippen LogP contribution in [-0.2, 0) is 6.42 Å². The second-order valence-electron chi connectivity index (χ2n) is 4.27. The number of nitrogens with two attached hydrogens (primary N) is 1. The maximum Gasteiger partial charge on any atom is 0.123 e. The number of hydrogen-bond acceptors (Lipinski definition) is 3. The Labute approximate surface area is 125 Å². The van der Waals surface area contributed by atoms with Crippen LogP contribution in [0.2, 0.25) is 8.67 Å². The van der Waals surface area contributed by atoms with Crippen molar-refractivity contribution in [3.63, 3.8) is 0 Å². The Hall–Kier alpha value is -0.650. The molecule has 19 heavy (non-hydrogen) atoms. The molecule has 0 aliphatic heterocycles. The molecular formula is C13H13Cl2FN2S. The molecule has 6 heteroatoms. The molecule has 0 fully saturated rings. The monoisotopic (exact) mass is 318 g/mol. The van der Waals surface area contributed by atoms with Crippen LogP contribution in [0, 0.1) is 12.7 Å². The Morgan fingerprint density at radius 2 is 2.11 bits per heavy atom. The van der Waals surface area contributed by atoms with E-state index in [1.165, 1.54) is 23.5 Å². The van der Waals surface area contributed by atoms with Crippen molar-refractivity contribution in [3.05, 3.63) is 55.4 Å². The van der Waals surface area contributed by atoms with Gasteiger partial charge in [-0.3, -0.25) is 11.3 Å². The first-order chi connectivity index (χ1) is 9.01. The van der Waals surface area contributed by atoms with Gasteiger partial charge in [-0.25, -0.2) is 4.39 Å². The molecule has 3 N–H and O–H groups in total. The molecule has 0 radical (unpaired) electrons. The highest BCUT2D eigenvalue weighted by molar-refractivity contribution is 7.20. The number of benzene rings is 1. The minimum atomic E-state index is -0.259. The van der Waals surface area contributed by atoms with E-state index in [4.69, 9.17) is 29.0 Å². The van der Waals surface area contributed by atoms with Crippen molar-refractivity contribution in [2.45, 2.75) is 19.4 Å². The van der Waals surface area contributed by atoms with Gasteiger partial charge in [-0.2, -0.15) is 0 Å². The van der Waals surface area contributed by atoms with Crippen molar-refractivity contribution >= 4 is 34.5 Å². The van der Waals surface area contributed by atoms with E-state index in [0.29, 0.717) is 15.1 Å². The Kier molecular flexibility index (Phi) is 4.81. The van der Waals surface area contributed by atoms with E-state index in [0.717, 1.165) is 16.7 Å². The summed E-state index contributed by atoms with van der Waals surface area (Å²) in [5.74, 6) is 5.32. The van der Waals surface area contributed by atoms with E-state index in [2.05, 4.69) is 5.43 Å². The molecule has 0 spiro atoms. The lowest BCUT2D eigenvalue weighted by molar-refractivity contribution is 0.549. The van der Waals surface area contributed by atoms with Crippen LogP contribution in [0.4, 0.5) is 4.39 Å². The molecular weight excluding hydrogens is 306 g/mol. The summed E-state index contributed by atoms with van der Waals surface area (Å²) in [6.45, 7) is 1.94. The first kappa shape index (κ1) is 14.8. The van der Waals surface area contributed by atoms with Crippen LogP contribution >= 0.6 is 34.5 Å². The molecule has 2 nitrogen and oxygen atoms in total. The van der Waals surface area contributed by atoms with Gasteiger partial charge < -0.3 is 0 Å². The van der Waals surface area contributed by atoms with Crippen molar-refractivity contribution in [2.75, 3.05) is 0 Å². The van der Waals surface area contributed by atoms with Crippen LogP contribution in [0.15, 0.2) is 24.3 Å². The van der Waals surface area contributed by atoms with Gasteiger partial charge in [0, 0.05) is 5.56 Å². The van der Waals surface area contributed by atoms with Crippen LogP contribution in [0.25, 0.3) is 0 Å². The Morgan fingerprint density at radius 3 is 2.68 bits per heavy atom. The normalized spacial score (nSPS) is 12.7. The molecule has 2 aromatic rings. The first-order valence-corrected chi connectivity index (χ1v) is 7.24. The zero-order valence-electron chi connectivity index (χ0n) is 10.2. The lowest BCUT2D eigenvalue weighted by Crippen LogP contribution is -2.29. The molecule has 1 heterocycles.